The summed E-state index contributed by atoms with van der Waals surface area (Å²) >= 11 is 0. The van der Waals surface area contributed by atoms with Gasteiger partial charge in [0.25, 0.3) is 0 Å². The Labute approximate surface area is 179 Å². The molecule has 13 heteroatoms. The molecule has 2 aromatic rings. The summed E-state index contributed by atoms with van der Waals surface area (Å²) in [5.74, 6) is -0.407. The summed E-state index contributed by atoms with van der Waals surface area (Å²) in [5, 5.41) is 22.9. The van der Waals surface area contributed by atoms with E-state index >= 15 is 0 Å². The summed E-state index contributed by atoms with van der Waals surface area (Å²) < 4.78 is 103. The van der Waals surface area contributed by atoms with Crippen LogP contribution in [0.3, 0.4) is 0 Å². The Morgan fingerprint density at radius 3 is 1.97 bits per heavy atom. The lowest BCUT2D eigenvalue weighted by molar-refractivity contribution is -0.143. The molecule has 0 spiro atoms. The topological polar surface area (TPSA) is 98.7 Å². The van der Waals surface area contributed by atoms with Crippen LogP contribution >= 0.6 is 0 Å². The van der Waals surface area contributed by atoms with Crippen LogP contribution in [-0.4, -0.2) is 30.9 Å². The number of alkyl halides is 6. The number of aliphatic hydroxyl groups excluding tert-OH is 1. The normalized spacial score (nSPS) is 14.8. The molecular formula is C19H20F6N2O4S. The third-order valence-electron chi connectivity index (χ3n) is 4.41. The average Bonchev–Trinajstić information content (AvgIpc) is 2.64. The summed E-state index contributed by atoms with van der Waals surface area (Å²) in [5.41, 5.74) is -3.26. The summed E-state index contributed by atoms with van der Waals surface area (Å²) in [6.07, 6.45) is -10.4. The van der Waals surface area contributed by atoms with Gasteiger partial charge in [-0.05, 0) is 48.4 Å². The molecule has 0 bridgehead atoms. The van der Waals surface area contributed by atoms with Crippen molar-refractivity contribution < 1.29 is 45.0 Å². The number of nitrogens with one attached hydrogen (secondary N) is 2. The smallest absolute Gasteiger partial charge is 0.416 e. The fraction of sp³-hybridized carbons (Fsp3) is 0.368. The van der Waals surface area contributed by atoms with Crippen molar-refractivity contribution in [2.75, 3.05) is 11.0 Å². The SMILES string of the molecule is CC(NCc1cc(C(F)(F)F)cc(C(F)(F)F)c1)C(O)c1ccc(O)c(NS(C)(=O)=O)c1. The zero-order valence-electron chi connectivity index (χ0n) is 16.7. The Balaban J connectivity index is 2.22. The van der Waals surface area contributed by atoms with Crippen LogP contribution in [0.5, 0.6) is 5.75 Å². The van der Waals surface area contributed by atoms with Gasteiger partial charge in [-0.3, -0.25) is 4.72 Å². The molecule has 2 rings (SSSR count). The van der Waals surface area contributed by atoms with Crippen LogP contribution in [0.2, 0.25) is 0 Å². The summed E-state index contributed by atoms with van der Waals surface area (Å²) in [4.78, 5) is 0. The maximum Gasteiger partial charge on any atom is 0.416 e. The first-order valence-electron chi connectivity index (χ1n) is 8.98. The van der Waals surface area contributed by atoms with E-state index in [9.17, 15) is 45.0 Å². The van der Waals surface area contributed by atoms with Gasteiger partial charge in [0, 0.05) is 12.6 Å². The molecule has 178 valence electrons. The lowest BCUT2D eigenvalue weighted by atomic mass is 10.0. The lowest BCUT2D eigenvalue weighted by Gasteiger charge is -2.22. The summed E-state index contributed by atoms with van der Waals surface area (Å²) in [6.45, 7) is 1.01. The van der Waals surface area contributed by atoms with Crippen LogP contribution in [0.4, 0.5) is 32.0 Å². The number of anilines is 1. The largest absolute Gasteiger partial charge is 0.506 e. The van der Waals surface area contributed by atoms with Crippen LogP contribution in [0, 0.1) is 0 Å². The van der Waals surface area contributed by atoms with Gasteiger partial charge < -0.3 is 15.5 Å². The summed E-state index contributed by atoms with van der Waals surface area (Å²) in [7, 11) is -3.73. The van der Waals surface area contributed by atoms with Crippen molar-refractivity contribution in [1.82, 2.24) is 5.32 Å². The molecule has 0 aliphatic rings. The molecular weight excluding hydrogens is 466 g/mol. The number of sulfonamides is 1. The van der Waals surface area contributed by atoms with Crippen LogP contribution in [0.1, 0.15) is 35.3 Å². The molecule has 0 heterocycles. The van der Waals surface area contributed by atoms with E-state index in [1.165, 1.54) is 13.0 Å². The molecule has 0 saturated heterocycles. The number of rotatable bonds is 7. The zero-order chi connectivity index (χ0) is 24.5. The van der Waals surface area contributed by atoms with Gasteiger partial charge in [-0.15, -0.1) is 0 Å². The Kier molecular flexibility index (Phi) is 7.37. The van der Waals surface area contributed by atoms with Crippen molar-refractivity contribution in [2.45, 2.75) is 38.0 Å². The van der Waals surface area contributed by atoms with Gasteiger partial charge in [-0.2, -0.15) is 26.3 Å². The highest BCUT2D eigenvalue weighted by molar-refractivity contribution is 7.92. The molecule has 0 aromatic heterocycles. The fourth-order valence-electron chi connectivity index (χ4n) is 2.82. The van der Waals surface area contributed by atoms with Gasteiger partial charge in [-0.1, -0.05) is 6.07 Å². The van der Waals surface area contributed by atoms with E-state index in [2.05, 4.69) is 10.0 Å². The maximum absolute atomic E-state index is 13.0. The highest BCUT2D eigenvalue weighted by Crippen LogP contribution is 2.36. The number of hydrogen-bond donors (Lipinski definition) is 4. The fourth-order valence-corrected chi connectivity index (χ4v) is 3.38. The molecule has 0 fully saturated rings. The van der Waals surface area contributed by atoms with E-state index < -0.39 is 57.9 Å². The minimum atomic E-state index is -4.98. The first-order valence-corrected chi connectivity index (χ1v) is 10.9. The molecule has 4 N–H and O–H groups in total. The second-order valence-corrected chi connectivity index (χ2v) is 8.93. The minimum absolute atomic E-state index is 0.0224. The molecule has 2 atom stereocenters. The first-order chi connectivity index (χ1) is 14.5. The van der Waals surface area contributed by atoms with Crippen LogP contribution < -0.4 is 10.0 Å². The second-order valence-electron chi connectivity index (χ2n) is 7.18. The number of aliphatic hydroxyl groups is 1. The zero-order valence-corrected chi connectivity index (χ0v) is 17.5. The number of phenols is 1. The van der Waals surface area contributed by atoms with Gasteiger partial charge in [-0.25, -0.2) is 8.42 Å². The van der Waals surface area contributed by atoms with Crippen molar-refractivity contribution in [2.24, 2.45) is 0 Å². The monoisotopic (exact) mass is 486 g/mol. The standard InChI is InChI=1S/C19H20F6N2O4S/c1-10(17(29)12-3-4-16(28)15(7-12)27-32(2,30)31)26-9-11-5-13(18(20,21)22)8-14(6-11)19(23,24)25/h3-8,10,17,26-29H,9H2,1-2H3. The predicted molar refractivity (Wildman–Crippen MR) is 104 cm³/mol. The van der Waals surface area contributed by atoms with E-state index in [-0.39, 0.29) is 22.9 Å². The average molecular weight is 486 g/mol. The third kappa shape index (κ3) is 7.00. The van der Waals surface area contributed by atoms with Crippen molar-refractivity contribution in [3.05, 3.63) is 58.7 Å². The number of benzene rings is 2. The van der Waals surface area contributed by atoms with Crippen molar-refractivity contribution in [3.63, 3.8) is 0 Å². The van der Waals surface area contributed by atoms with E-state index in [0.717, 1.165) is 18.4 Å². The molecule has 0 aliphatic heterocycles. The van der Waals surface area contributed by atoms with Gasteiger partial charge in [0.1, 0.15) is 5.75 Å². The van der Waals surface area contributed by atoms with E-state index in [0.29, 0.717) is 12.1 Å². The quantitative estimate of drug-likeness (QED) is 0.350. The molecule has 32 heavy (non-hydrogen) atoms. The maximum atomic E-state index is 13.0. The third-order valence-corrected chi connectivity index (χ3v) is 5.00. The second kappa shape index (κ2) is 9.16. The van der Waals surface area contributed by atoms with Crippen molar-refractivity contribution in [3.8, 4) is 5.75 Å². The van der Waals surface area contributed by atoms with Gasteiger partial charge in [0.2, 0.25) is 10.0 Å². The minimum Gasteiger partial charge on any atom is -0.506 e. The Morgan fingerprint density at radius 2 is 1.50 bits per heavy atom. The first kappa shape index (κ1) is 25.7. The van der Waals surface area contributed by atoms with E-state index in [1.807, 2.05) is 0 Å². The molecule has 2 unspecified atom stereocenters. The van der Waals surface area contributed by atoms with E-state index in [1.54, 1.807) is 0 Å². The predicted octanol–water partition coefficient (Wildman–Crippen LogP) is 4.01. The molecule has 0 amide bonds. The van der Waals surface area contributed by atoms with Crippen LogP contribution in [0.15, 0.2) is 36.4 Å². The van der Waals surface area contributed by atoms with Crippen molar-refractivity contribution >= 4 is 15.7 Å². The van der Waals surface area contributed by atoms with Gasteiger partial charge >= 0.3 is 12.4 Å². The Morgan fingerprint density at radius 1 is 0.969 bits per heavy atom. The van der Waals surface area contributed by atoms with E-state index in [4.69, 9.17) is 0 Å². The van der Waals surface area contributed by atoms with Crippen molar-refractivity contribution in [1.29, 1.82) is 0 Å². The molecule has 6 nitrogen and oxygen atoms in total. The summed E-state index contributed by atoms with van der Waals surface area (Å²) in [6, 6.07) is 3.89. The number of halogens is 6. The van der Waals surface area contributed by atoms with Crippen LogP contribution in [0.25, 0.3) is 0 Å². The Hall–Kier alpha value is -2.51. The van der Waals surface area contributed by atoms with Crippen LogP contribution in [-0.2, 0) is 28.9 Å². The molecule has 0 radical (unpaired) electrons. The highest BCUT2D eigenvalue weighted by atomic mass is 32.2. The molecule has 0 aliphatic carbocycles. The number of aromatic hydroxyl groups is 1. The Bertz CT molecular complexity index is 1040. The molecule has 2 aromatic carbocycles. The highest BCUT2D eigenvalue weighted by Gasteiger charge is 2.36. The number of hydrogen-bond acceptors (Lipinski definition) is 5. The number of phenolic OH excluding ortho intramolecular Hbond substituents is 1. The van der Waals surface area contributed by atoms with Gasteiger partial charge in [0.05, 0.1) is 29.2 Å². The van der Waals surface area contributed by atoms with Gasteiger partial charge in [0.15, 0.2) is 0 Å². The molecule has 0 saturated carbocycles. The lowest BCUT2D eigenvalue weighted by Crippen LogP contribution is -2.32.